The van der Waals surface area contributed by atoms with Crippen molar-refractivity contribution in [3.05, 3.63) is 73.7 Å². The molecule has 0 radical (unpaired) electrons. The summed E-state index contributed by atoms with van der Waals surface area (Å²) in [4.78, 5) is 51.3. The number of hydrogen-bond donors (Lipinski definition) is 2. The van der Waals surface area contributed by atoms with Crippen molar-refractivity contribution in [3.63, 3.8) is 0 Å². The van der Waals surface area contributed by atoms with E-state index < -0.39 is 23.0 Å². The molecule has 2 aromatic carbocycles. The Hall–Kier alpha value is -3.08. The Morgan fingerprint density at radius 2 is 1.79 bits per heavy atom. The van der Waals surface area contributed by atoms with Gasteiger partial charge in [-0.25, -0.2) is 0 Å². The molecule has 8 nitrogen and oxygen atoms in total. The van der Waals surface area contributed by atoms with Crippen LogP contribution >= 0.6 is 34.7 Å². The number of benzene rings is 2. The van der Waals surface area contributed by atoms with Gasteiger partial charge in [-0.3, -0.25) is 29.1 Å². The van der Waals surface area contributed by atoms with E-state index in [0.717, 1.165) is 28.7 Å². The fourth-order valence-corrected chi connectivity index (χ4v) is 7.09. The first kappa shape index (κ1) is 22.7. The van der Waals surface area contributed by atoms with E-state index in [4.69, 9.17) is 16.3 Å². The van der Waals surface area contributed by atoms with E-state index in [9.17, 15) is 19.2 Å². The minimum absolute atomic E-state index is 0.218. The number of imide groups is 1. The molecule has 5 rings (SSSR count). The van der Waals surface area contributed by atoms with Crippen molar-refractivity contribution in [2.75, 3.05) is 12.4 Å². The highest BCUT2D eigenvalue weighted by Gasteiger charge is 2.52. The van der Waals surface area contributed by atoms with E-state index in [1.807, 2.05) is 0 Å². The summed E-state index contributed by atoms with van der Waals surface area (Å²) in [5.74, 6) is -1.62. The van der Waals surface area contributed by atoms with Crippen LogP contribution in [0.1, 0.15) is 16.4 Å². The molecule has 1 saturated heterocycles. The molecule has 2 aliphatic heterocycles. The van der Waals surface area contributed by atoms with Crippen molar-refractivity contribution in [2.24, 2.45) is 5.92 Å². The molecule has 0 bridgehead atoms. The van der Waals surface area contributed by atoms with Gasteiger partial charge < -0.3 is 10.1 Å². The van der Waals surface area contributed by atoms with Crippen molar-refractivity contribution in [1.29, 1.82) is 0 Å². The molecule has 2 aliphatic rings. The van der Waals surface area contributed by atoms with Gasteiger partial charge in [-0.1, -0.05) is 46.8 Å². The number of nitrogens with one attached hydrogen (secondary N) is 2. The van der Waals surface area contributed by atoms with Crippen molar-refractivity contribution in [1.82, 2.24) is 9.88 Å². The maximum atomic E-state index is 13.0. The third kappa shape index (κ3) is 4.02. The first-order valence-corrected chi connectivity index (χ1v) is 12.4. The highest BCUT2D eigenvalue weighted by Crippen LogP contribution is 2.51. The molecule has 174 valence electrons. The lowest BCUT2D eigenvalue weighted by Gasteiger charge is -2.30. The number of anilines is 1. The number of hydrogen-bond acceptors (Lipinski definition) is 7. The quantitative estimate of drug-likeness (QED) is 0.506. The second kappa shape index (κ2) is 8.94. The fourth-order valence-electron chi connectivity index (χ4n) is 4.22. The molecule has 0 saturated carbocycles. The molecular formula is C23H18ClN3O5S2. The average molecular weight is 516 g/mol. The minimum atomic E-state index is -0.689. The maximum Gasteiger partial charge on any atom is 0.308 e. The number of thiazole rings is 1. The number of carbonyl (C=O) groups is 3. The second-order valence-electron chi connectivity index (χ2n) is 7.85. The normalized spacial score (nSPS) is 20.9. The third-order valence-electron chi connectivity index (χ3n) is 5.79. The van der Waals surface area contributed by atoms with E-state index in [1.165, 1.54) is 4.57 Å². The monoisotopic (exact) mass is 515 g/mol. The minimum Gasteiger partial charge on any atom is -0.497 e. The summed E-state index contributed by atoms with van der Waals surface area (Å²) < 4.78 is 6.49. The first-order valence-electron chi connectivity index (χ1n) is 10.3. The van der Waals surface area contributed by atoms with Crippen molar-refractivity contribution >= 4 is 58.1 Å². The summed E-state index contributed by atoms with van der Waals surface area (Å²) in [5.41, 5.74) is 1.34. The number of amides is 3. The smallest absolute Gasteiger partial charge is 0.308 e. The Balaban J connectivity index is 1.49. The van der Waals surface area contributed by atoms with Gasteiger partial charge in [-0.2, -0.15) is 0 Å². The number of thioether (sulfide) groups is 1. The van der Waals surface area contributed by atoms with Crippen LogP contribution in [0.15, 0.2) is 58.4 Å². The van der Waals surface area contributed by atoms with Gasteiger partial charge in [0.05, 0.1) is 18.1 Å². The molecule has 2 N–H and O–H groups in total. The van der Waals surface area contributed by atoms with Gasteiger partial charge in [-0.05, 0) is 42.0 Å². The number of ether oxygens (including phenoxy) is 1. The Morgan fingerprint density at radius 3 is 2.47 bits per heavy atom. The fraction of sp³-hybridized carbons (Fsp3) is 0.217. The number of halogens is 1. The molecule has 0 aliphatic carbocycles. The van der Waals surface area contributed by atoms with E-state index in [1.54, 1.807) is 55.6 Å². The zero-order chi connectivity index (χ0) is 24.0. The van der Waals surface area contributed by atoms with Crippen LogP contribution in [0.5, 0.6) is 5.75 Å². The summed E-state index contributed by atoms with van der Waals surface area (Å²) in [6.45, 7) is -0.218. The van der Waals surface area contributed by atoms with Gasteiger partial charge in [0.25, 0.3) is 0 Å². The largest absolute Gasteiger partial charge is 0.497 e. The van der Waals surface area contributed by atoms with Gasteiger partial charge in [0.1, 0.15) is 17.5 Å². The van der Waals surface area contributed by atoms with Crippen molar-refractivity contribution in [2.45, 2.75) is 22.7 Å². The van der Waals surface area contributed by atoms with Crippen LogP contribution in [0.4, 0.5) is 5.69 Å². The molecular weight excluding hydrogens is 498 g/mol. The van der Waals surface area contributed by atoms with Crippen LogP contribution in [0.2, 0.25) is 5.02 Å². The van der Waals surface area contributed by atoms with Crippen molar-refractivity contribution in [3.8, 4) is 5.75 Å². The van der Waals surface area contributed by atoms with E-state index in [0.29, 0.717) is 26.4 Å². The van der Waals surface area contributed by atoms with Gasteiger partial charge >= 0.3 is 4.87 Å². The zero-order valence-corrected chi connectivity index (χ0v) is 20.1. The first-order chi connectivity index (χ1) is 16.4. The third-order valence-corrected chi connectivity index (χ3v) is 8.66. The van der Waals surface area contributed by atoms with E-state index in [-0.39, 0.29) is 23.2 Å². The number of methoxy groups -OCH3 is 1. The summed E-state index contributed by atoms with van der Waals surface area (Å²) in [6, 6.07) is 13.9. The molecule has 0 spiro atoms. The maximum absolute atomic E-state index is 13.0. The summed E-state index contributed by atoms with van der Waals surface area (Å²) in [7, 11) is 1.55. The summed E-state index contributed by atoms with van der Waals surface area (Å²) in [6.07, 6.45) is 0. The van der Waals surface area contributed by atoms with Crippen LogP contribution < -0.4 is 20.2 Å². The lowest BCUT2D eigenvalue weighted by molar-refractivity contribution is -0.126. The van der Waals surface area contributed by atoms with Crippen LogP contribution in [0.3, 0.4) is 0 Å². The SMILES string of the molecule is COc1ccc(NC(=O)Cn2c3c(sc2=O)[C@@H](c2ccc(Cl)cc2)[C@H]2C(=O)NC(=O)[C@H]2S3)cc1. The number of aromatic nitrogens is 1. The lowest BCUT2D eigenvalue weighted by Crippen LogP contribution is -2.32. The Kier molecular flexibility index (Phi) is 5.97. The highest BCUT2D eigenvalue weighted by molar-refractivity contribution is 8.00. The second-order valence-corrected chi connectivity index (χ2v) is 10.4. The van der Waals surface area contributed by atoms with Gasteiger partial charge in [0.15, 0.2) is 0 Å². The van der Waals surface area contributed by atoms with E-state index >= 15 is 0 Å². The summed E-state index contributed by atoms with van der Waals surface area (Å²) >= 11 is 8.20. The lowest BCUT2D eigenvalue weighted by atomic mass is 9.83. The molecule has 3 amide bonds. The molecule has 3 atom stereocenters. The van der Waals surface area contributed by atoms with Gasteiger partial charge in [0.2, 0.25) is 17.7 Å². The molecule has 1 fully saturated rings. The van der Waals surface area contributed by atoms with Crippen LogP contribution in [0.25, 0.3) is 0 Å². The van der Waals surface area contributed by atoms with Crippen LogP contribution in [-0.4, -0.2) is 34.6 Å². The Morgan fingerprint density at radius 1 is 1.09 bits per heavy atom. The molecule has 3 aromatic rings. The average Bonchev–Trinajstić information content (AvgIpc) is 3.28. The number of nitrogens with zero attached hydrogens (tertiary/aromatic N) is 1. The molecule has 0 unspecified atom stereocenters. The van der Waals surface area contributed by atoms with Crippen LogP contribution in [0, 0.1) is 5.92 Å². The molecule has 34 heavy (non-hydrogen) atoms. The number of carbonyl (C=O) groups excluding carboxylic acids is 3. The predicted octanol–water partition coefficient (Wildman–Crippen LogP) is 3.09. The predicted molar refractivity (Wildman–Crippen MR) is 130 cm³/mol. The van der Waals surface area contributed by atoms with E-state index in [2.05, 4.69) is 10.6 Å². The molecule has 1 aromatic heterocycles. The van der Waals surface area contributed by atoms with Crippen molar-refractivity contribution < 1.29 is 19.1 Å². The number of fused-ring (bicyclic) bond motifs is 2. The molecule has 11 heteroatoms. The van der Waals surface area contributed by atoms with Crippen LogP contribution in [-0.2, 0) is 20.9 Å². The van der Waals surface area contributed by atoms with Gasteiger partial charge in [-0.15, -0.1) is 0 Å². The standard InChI is InChI=1S/C23H18ClN3O5S2/c1-32-14-8-6-13(7-9-14)25-15(28)10-27-22-19(34-23(27)31)16(11-2-4-12(24)5-3-11)17-18(33-22)21(30)26-20(17)29/h2-9,16-18H,10H2,1H3,(H,25,28)(H,26,29,30)/t16-,17+,18-/m0/s1. The Bertz CT molecular complexity index is 1350. The Labute approximate surface area is 207 Å². The summed E-state index contributed by atoms with van der Waals surface area (Å²) in [5, 5.41) is 5.57. The topological polar surface area (TPSA) is 106 Å². The zero-order valence-electron chi connectivity index (χ0n) is 17.7. The van der Waals surface area contributed by atoms with Gasteiger partial charge in [0, 0.05) is 21.5 Å². The number of rotatable bonds is 5. The molecule has 3 heterocycles. The highest BCUT2D eigenvalue weighted by atomic mass is 35.5.